The zero-order valence-corrected chi connectivity index (χ0v) is 37.9. The van der Waals surface area contributed by atoms with Gasteiger partial charge in [-0.3, -0.25) is 9.59 Å². The first-order valence-corrected chi connectivity index (χ1v) is 23.4. The minimum Gasteiger partial charge on any atom is -0.495 e. The number of carbonyl (C=O) groups excluding carboxylic acids is 2. The van der Waals surface area contributed by atoms with Gasteiger partial charge in [0.15, 0.2) is 11.5 Å². The van der Waals surface area contributed by atoms with Crippen LogP contribution < -0.4 is 30.2 Å². The number of benzene rings is 3. The van der Waals surface area contributed by atoms with Gasteiger partial charge in [0.05, 0.1) is 47.8 Å². The van der Waals surface area contributed by atoms with Crippen LogP contribution in [0.1, 0.15) is 113 Å². The molecule has 61 heavy (non-hydrogen) atoms. The van der Waals surface area contributed by atoms with Crippen molar-refractivity contribution >= 4 is 55.6 Å². The van der Waals surface area contributed by atoms with Crippen LogP contribution in [0.25, 0.3) is 10.9 Å². The number of carbonyl (C=O) groups is 2. The summed E-state index contributed by atoms with van der Waals surface area (Å²) < 4.78 is 38.3. The summed E-state index contributed by atoms with van der Waals surface area (Å²) in [6.07, 6.45) is 15.6. The zero-order chi connectivity index (χ0) is 44.4. The highest BCUT2D eigenvalue weighted by molar-refractivity contribution is 7.88. The molecule has 4 aromatic rings. The predicted octanol–water partition coefficient (Wildman–Crippen LogP) is 7.90. The molecule has 0 unspecified atom stereocenters. The van der Waals surface area contributed by atoms with Crippen molar-refractivity contribution < 1.29 is 27.5 Å². The van der Waals surface area contributed by atoms with Crippen LogP contribution >= 0.6 is 0 Å². The molecule has 14 nitrogen and oxygen atoms in total. The Morgan fingerprint density at radius 3 is 2.13 bits per heavy atom. The Labute approximate surface area is 361 Å². The minimum atomic E-state index is -3.34. The Kier molecular flexibility index (Phi) is 19.2. The normalized spacial score (nSPS) is 11.8. The van der Waals surface area contributed by atoms with Crippen LogP contribution in [-0.2, 0) is 19.6 Å². The van der Waals surface area contributed by atoms with Crippen LogP contribution in [-0.4, -0.2) is 89.4 Å². The van der Waals surface area contributed by atoms with Crippen molar-refractivity contribution in [1.29, 1.82) is 0 Å². The Morgan fingerprint density at radius 1 is 0.869 bits per heavy atom. The Morgan fingerprint density at radius 2 is 1.52 bits per heavy atom. The van der Waals surface area contributed by atoms with Crippen molar-refractivity contribution in [2.75, 3.05) is 68.9 Å². The first-order valence-electron chi connectivity index (χ1n) is 21.5. The third-order valence-corrected chi connectivity index (χ3v) is 11.1. The van der Waals surface area contributed by atoms with E-state index in [0.29, 0.717) is 47.6 Å². The predicted molar refractivity (Wildman–Crippen MR) is 247 cm³/mol. The second-order valence-electron chi connectivity index (χ2n) is 15.5. The van der Waals surface area contributed by atoms with Gasteiger partial charge in [-0.2, -0.15) is 0 Å². The molecule has 0 saturated carbocycles. The van der Waals surface area contributed by atoms with Crippen molar-refractivity contribution in [2.24, 2.45) is 4.99 Å². The molecule has 0 aliphatic carbocycles. The summed E-state index contributed by atoms with van der Waals surface area (Å²) in [5.41, 5.74) is 2.25. The number of anilines is 2. The van der Waals surface area contributed by atoms with Crippen molar-refractivity contribution in [3.05, 3.63) is 88.0 Å². The third kappa shape index (κ3) is 14.7. The molecule has 0 aliphatic rings. The maximum absolute atomic E-state index is 14.6. The maximum Gasteiger partial charge on any atom is 0.338 e. The van der Waals surface area contributed by atoms with E-state index in [1.54, 1.807) is 56.6 Å². The lowest BCUT2D eigenvalue weighted by atomic mass is 10.1. The van der Waals surface area contributed by atoms with Crippen molar-refractivity contribution in [3.8, 4) is 5.75 Å². The molecule has 3 aromatic carbocycles. The fraction of sp³-hybridized carbons (Fsp3) is 0.500. The Bertz CT molecular complexity index is 2270. The number of para-hydroxylation sites is 1. The SMILES string of the molecule is CCCCCCCCCCCCCCOC(=O)c1ccc(OC)c(NC(=O)C(=Nc2ccc(N(CC)CCNS(C)(=O)=O)cc2C)c2nc3ccccc3c(=O)n2N(C)C)c1. The van der Waals surface area contributed by atoms with Gasteiger partial charge in [0.25, 0.3) is 11.5 Å². The summed E-state index contributed by atoms with van der Waals surface area (Å²) in [7, 11) is 1.46. The number of aromatic nitrogens is 2. The second kappa shape index (κ2) is 24.2. The molecule has 0 fully saturated rings. The van der Waals surface area contributed by atoms with E-state index in [0.717, 1.165) is 31.2 Å². The topological polar surface area (TPSA) is 165 Å². The lowest BCUT2D eigenvalue weighted by Gasteiger charge is -2.24. The van der Waals surface area contributed by atoms with Crippen LogP contribution in [0.15, 0.2) is 70.5 Å². The molecule has 0 spiro atoms. The van der Waals surface area contributed by atoms with E-state index in [2.05, 4.69) is 17.0 Å². The summed E-state index contributed by atoms with van der Waals surface area (Å²) in [6.45, 7) is 7.64. The van der Waals surface area contributed by atoms with Gasteiger partial charge in [0.1, 0.15) is 5.75 Å². The van der Waals surface area contributed by atoms with Gasteiger partial charge in [-0.25, -0.2) is 32.6 Å². The summed E-state index contributed by atoms with van der Waals surface area (Å²) in [5.74, 6) is -0.929. The maximum atomic E-state index is 14.6. The number of likely N-dealkylation sites (N-methyl/N-ethyl adjacent to an activating group) is 1. The number of methoxy groups -OCH3 is 1. The number of aliphatic imine (C=N–C) groups is 1. The number of amides is 1. The number of sulfonamides is 1. The summed E-state index contributed by atoms with van der Waals surface area (Å²) in [4.78, 5) is 53.4. The Balaban J connectivity index is 1.57. The number of hydrogen-bond donors (Lipinski definition) is 2. The molecule has 0 aliphatic heterocycles. The number of hydrogen-bond acceptors (Lipinski definition) is 11. The largest absolute Gasteiger partial charge is 0.495 e. The average Bonchev–Trinajstić information content (AvgIpc) is 3.23. The number of aryl methyl sites for hydroxylation is 1. The van der Waals surface area contributed by atoms with Gasteiger partial charge in [-0.1, -0.05) is 89.7 Å². The molecular weight excluding hydrogens is 795 g/mol. The first kappa shape index (κ1) is 48.4. The molecule has 0 saturated heterocycles. The lowest BCUT2D eigenvalue weighted by Crippen LogP contribution is -2.42. The fourth-order valence-electron chi connectivity index (χ4n) is 7.07. The summed E-state index contributed by atoms with van der Waals surface area (Å²) >= 11 is 0. The van der Waals surface area contributed by atoms with E-state index in [4.69, 9.17) is 19.5 Å². The molecule has 0 atom stereocenters. The number of rotatable bonds is 26. The van der Waals surface area contributed by atoms with E-state index < -0.39 is 27.5 Å². The quantitative estimate of drug-likeness (QED) is 0.0360. The van der Waals surface area contributed by atoms with Crippen molar-refractivity contribution in [2.45, 2.75) is 97.8 Å². The van der Waals surface area contributed by atoms with E-state index in [9.17, 15) is 22.8 Å². The molecular formula is C46H65N7O7S. The van der Waals surface area contributed by atoms with Crippen molar-refractivity contribution in [3.63, 3.8) is 0 Å². The molecule has 0 radical (unpaired) electrons. The summed E-state index contributed by atoms with van der Waals surface area (Å²) in [6, 6.07) is 17.1. The van der Waals surface area contributed by atoms with Crippen LogP contribution in [0, 0.1) is 6.92 Å². The average molecular weight is 860 g/mol. The molecule has 4 rings (SSSR count). The molecule has 1 aromatic heterocycles. The number of fused-ring (bicyclic) bond motifs is 1. The van der Waals surface area contributed by atoms with E-state index >= 15 is 0 Å². The van der Waals surface area contributed by atoms with Gasteiger partial charge >= 0.3 is 5.97 Å². The lowest BCUT2D eigenvalue weighted by molar-refractivity contribution is -0.110. The molecule has 1 amide bonds. The smallest absolute Gasteiger partial charge is 0.338 e. The van der Waals surface area contributed by atoms with Gasteiger partial charge in [-0.05, 0) is 74.4 Å². The first-order chi connectivity index (χ1) is 29.3. The van der Waals surface area contributed by atoms with Crippen molar-refractivity contribution in [1.82, 2.24) is 14.4 Å². The number of nitrogens with zero attached hydrogens (tertiary/aromatic N) is 5. The van der Waals surface area contributed by atoms with Crippen LogP contribution in [0.4, 0.5) is 17.1 Å². The summed E-state index contributed by atoms with van der Waals surface area (Å²) in [5, 5.41) is 4.78. The van der Waals surface area contributed by atoms with Crippen LogP contribution in [0.5, 0.6) is 5.75 Å². The highest BCUT2D eigenvalue weighted by Gasteiger charge is 2.26. The molecule has 1 heterocycles. The molecule has 0 bridgehead atoms. The third-order valence-electron chi connectivity index (χ3n) is 10.4. The Hall–Kier alpha value is -5.28. The zero-order valence-electron chi connectivity index (χ0n) is 37.1. The molecule has 2 N–H and O–H groups in total. The van der Waals surface area contributed by atoms with E-state index in [1.165, 1.54) is 80.6 Å². The number of ether oxygens (including phenoxy) is 2. The van der Waals surface area contributed by atoms with Crippen LogP contribution in [0.2, 0.25) is 0 Å². The van der Waals surface area contributed by atoms with Gasteiger partial charge in [0.2, 0.25) is 10.0 Å². The monoisotopic (exact) mass is 859 g/mol. The minimum absolute atomic E-state index is 0.00588. The standard InChI is InChI=1S/C46H65N7O7S/c1-8-10-11-12-13-14-15-16-17-18-19-22-31-60-46(56)35-25-28-41(59-6)40(33-35)50-44(54)42(43-49-39-24-21-20-23-37(39)45(55)53(43)51(4)5)48-38-27-26-36(32-34(38)3)52(9-2)30-29-47-61(7,57)58/h20-21,23-28,32-33,47H,8-19,22,29-31H2,1-7H3,(H,50,54). The number of esters is 1. The van der Waals surface area contributed by atoms with Gasteiger partial charge < -0.3 is 24.7 Å². The number of nitrogens with one attached hydrogen (secondary N) is 2. The highest BCUT2D eigenvalue weighted by atomic mass is 32.2. The fourth-order valence-corrected chi connectivity index (χ4v) is 7.54. The van der Waals surface area contributed by atoms with Gasteiger partial charge in [-0.15, -0.1) is 0 Å². The van der Waals surface area contributed by atoms with Gasteiger partial charge in [0, 0.05) is 39.4 Å². The van der Waals surface area contributed by atoms with Crippen LogP contribution in [0.3, 0.4) is 0 Å². The highest BCUT2D eigenvalue weighted by Crippen LogP contribution is 2.29. The van der Waals surface area contributed by atoms with E-state index in [1.807, 2.05) is 30.9 Å². The second-order valence-corrected chi connectivity index (χ2v) is 17.3. The number of unbranched alkanes of at least 4 members (excludes halogenated alkanes) is 11. The van der Waals surface area contributed by atoms with E-state index in [-0.39, 0.29) is 29.3 Å². The molecule has 332 valence electrons. The molecule has 15 heteroatoms.